The molecule has 5 rings (SSSR count). The number of allylic oxidation sites excluding steroid dienone is 2. The Morgan fingerprint density at radius 3 is 1.55 bits per heavy atom. The number of ketones is 1. The molecule has 0 spiro atoms. The van der Waals surface area contributed by atoms with Crippen LogP contribution in [0.25, 0.3) is 17.3 Å². The highest BCUT2D eigenvalue weighted by Crippen LogP contribution is 2.34. The first-order chi connectivity index (χ1) is 19.6. The molecule has 0 aliphatic carbocycles. The molecule has 0 aliphatic heterocycles. The highest BCUT2D eigenvalue weighted by atomic mass is 16.1. The van der Waals surface area contributed by atoms with E-state index in [-0.39, 0.29) is 11.8 Å². The second-order valence-electron chi connectivity index (χ2n) is 9.89. The van der Waals surface area contributed by atoms with Gasteiger partial charge in [0.15, 0.2) is 5.78 Å². The van der Waals surface area contributed by atoms with Crippen molar-refractivity contribution >= 4 is 23.1 Å². The average molecular weight is 520 g/mol. The van der Waals surface area contributed by atoms with Crippen LogP contribution in [0.3, 0.4) is 0 Å². The van der Waals surface area contributed by atoms with Crippen molar-refractivity contribution in [2.75, 3.05) is 0 Å². The molecule has 40 heavy (non-hydrogen) atoms. The lowest BCUT2D eigenvalue weighted by molar-refractivity contribution is -0.109. The first-order valence-electron chi connectivity index (χ1n) is 13.6. The fraction of sp³-hybridized carbons (Fsp3) is 0.0789. The minimum Gasteiger partial charge on any atom is -0.373 e. The summed E-state index contributed by atoms with van der Waals surface area (Å²) in [5.41, 5.74) is 8.74. The van der Waals surface area contributed by atoms with Crippen molar-refractivity contribution in [2.24, 2.45) is 0 Å². The molecular weight excluding hydrogens is 486 g/mol. The smallest absolute Gasteiger partial charge is 0.188 e. The van der Waals surface area contributed by atoms with Crippen LogP contribution in [0.15, 0.2) is 146 Å². The van der Waals surface area contributed by atoms with E-state index in [0.717, 1.165) is 44.6 Å². The molecule has 5 aromatic rings. The lowest BCUT2D eigenvalue weighted by Gasteiger charge is -2.26. The molecule has 0 amide bonds. The largest absolute Gasteiger partial charge is 0.373 e. The molecule has 0 fully saturated rings. The zero-order valence-corrected chi connectivity index (χ0v) is 22.9. The van der Waals surface area contributed by atoms with E-state index in [0.29, 0.717) is 5.57 Å². The van der Waals surface area contributed by atoms with E-state index >= 15 is 0 Å². The van der Waals surface area contributed by atoms with Gasteiger partial charge in [0.25, 0.3) is 0 Å². The molecule has 0 unspecified atom stereocenters. The first kappa shape index (κ1) is 26.6. The van der Waals surface area contributed by atoms with Crippen molar-refractivity contribution in [3.63, 3.8) is 0 Å². The number of rotatable bonds is 9. The molecule has 0 radical (unpaired) electrons. The summed E-state index contributed by atoms with van der Waals surface area (Å²) in [6.45, 7) is 4.15. The molecule has 5 aromatic carbocycles. The molecule has 0 saturated carbocycles. The topological polar surface area (TPSA) is 29.1 Å². The standard InChI is InChI=1S/C38H33NO/c1-28-16-12-14-24-33(28)36(35(40)27-26-30-18-6-3-7-19-30)38(34-25-15-13-17-29(34)2)39-37(31-20-8-4-9-21-31)32-22-10-5-11-23-32/h3-27,37,39H,1-2H3/b27-26+,38-36-. The van der Waals surface area contributed by atoms with E-state index in [1.54, 1.807) is 6.08 Å². The number of carbonyl (C=O) groups is 1. The van der Waals surface area contributed by atoms with Crippen LogP contribution >= 0.6 is 0 Å². The van der Waals surface area contributed by atoms with Crippen molar-refractivity contribution in [1.29, 1.82) is 0 Å². The van der Waals surface area contributed by atoms with Crippen LogP contribution in [-0.4, -0.2) is 5.78 Å². The van der Waals surface area contributed by atoms with Gasteiger partial charge in [0, 0.05) is 5.56 Å². The Hall–Kier alpha value is -4.95. The Kier molecular flexibility index (Phi) is 8.48. The van der Waals surface area contributed by atoms with Gasteiger partial charge in [-0.05, 0) is 53.3 Å². The molecule has 0 atom stereocenters. The lowest BCUT2D eigenvalue weighted by atomic mass is 9.89. The van der Waals surface area contributed by atoms with Gasteiger partial charge < -0.3 is 5.32 Å². The zero-order chi connectivity index (χ0) is 27.7. The van der Waals surface area contributed by atoms with Crippen LogP contribution < -0.4 is 5.32 Å². The summed E-state index contributed by atoms with van der Waals surface area (Å²) in [6.07, 6.45) is 3.58. The molecule has 0 bridgehead atoms. The number of aryl methyl sites for hydroxylation is 2. The Bertz CT molecular complexity index is 1590. The number of nitrogens with one attached hydrogen (secondary N) is 1. The fourth-order valence-corrected chi connectivity index (χ4v) is 5.00. The molecule has 0 heterocycles. The van der Waals surface area contributed by atoms with Gasteiger partial charge in [-0.3, -0.25) is 4.79 Å². The van der Waals surface area contributed by atoms with E-state index in [4.69, 9.17) is 0 Å². The van der Waals surface area contributed by atoms with E-state index in [9.17, 15) is 4.79 Å². The van der Waals surface area contributed by atoms with Gasteiger partial charge in [0.2, 0.25) is 0 Å². The second kappa shape index (κ2) is 12.7. The number of benzene rings is 5. The Balaban J connectivity index is 1.76. The van der Waals surface area contributed by atoms with Gasteiger partial charge in [-0.15, -0.1) is 0 Å². The molecule has 0 aliphatic rings. The quantitative estimate of drug-likeness (QED) is 0.156. The number of carbonyl (C=O) groups excluding carboxylic acids is 1. The Morgan fingerprint density at radius 1 is 0.575 bits per heavy atom. The molecule has 2 heteroatoms. The SMILES string of the molecule is Cc1ccccc1/C(NC(c1ccccc1)c1ccccc1)=C(/C(=O)/C=C/c1ccccc1)c1ccccc1C. The Morgan fingerprint density at radius 2 is 1.02 bits per heavy atom. The third-order valence-corrected chi connectivity index (χ3v) is 7.11. The van der Waals surface area contributed by atoms with Crippen LogP contribution in [0.5, 0.6) is 0 Å². The van der Waals surface area contributed by atoms with Crippen molar-refractivity contribution in [3.05, 3.63) is 185 Å². The van der Waals surface area contributed by atoms with Crippen molar-refractivity contribution < 1.29 is 4.79 Å². The maximum Gasteiger partial charge on any atom is 0.188 e. The summed E-state index contributed by atoms with van der Waals surface area (Å²) in [4.78, 5) is 14.3. The molecule has 1 N–H and O–H groups in total. The normalized spacial score (nSPS) is 11.9. The van der Waals surface area contributed by atoms with Gasteiger partial charge >= 0.3 is 0 Å². The zero-order valence-electron chi connectivity index (χ0n) is 22.9. The predicted molar refractivity (Wildman–Crippen MR) is 168 cm³/mol. The summed E-state index contributed by atoms with van der Waals surface area (Å²) in [6, 6.07) is 46.9. The fourth-order valence-electron chi connectivity index (χ4n) is 5.00. The van der Waals surface area contributed by atoms with Crippen molar-refractivity contribution in [1.82, 2.24) is 5.32 Å². The molecule has 0 aromatic heterocycles. The minimum absolute atomic E-state index is 0.0521. The maximum atomic E-state index is 14.3. The van der Waals surface area contributed by atoms with Crippen LogP contribution in [0, 0.1) is 13.8 Å². The van der Waals surface area contributed by atoms with Crippen molar-refractivity contribution in [2.45, 2.75) is 19.9 Å². The third-order valence-electron chi connectivity index (χ3n) is 7.11. The van der Waals surface area contributed by atoms with E-state index in [1.165, 1.54) is 0 Å². The third kappa shape index (κ3) is 6.19. The second-order valence-corrected chi connectivity index (χ2v) is 9.89. The average Bonchev–Trinajstić information content (AvgIpc) is 3.00. The molecule has 0 saturated heterocycles. The van der Waals surface area contributed by atoms with E-state index < -0.39 is 0 Å². The van der Waals surface area contributed by atoms with Gasteiger partial charge in [0.05, 0.1) is 17.3 Å². The monoisotopic (exact) mass is 519 g/mol. The van der Waals surface area contributed by atoms with E-state index in [1.807, 2.05) is 78.9 Å². The highest BCUT2D eigenvalue weighted by molar-refractivity contribution is 6.33. The van der Waals surface area contributed by atoms with Gasteiger partial charge in [-0.1, -0.05) is 146 Å². The Labute approximate surface area is 237 Å². The van der Waals surface area contributed by atoms with Crippen LogP contribution in [-0.2, 0) is 4.79 Å². The number of hydrogen-bond donors (Lipinski definition) is 1. The van der Waals surface area contributed by atoms with Crippen LogP contribution in [0.2, 0.25) is 0 Å². The minimum atomic E-state index is -0.165. The van der Waals surface area contributed by atoms with E-state index in [2.05, 4.69) is 85.9 Å². The van der Waals surface area contributed by atoms with Gasteiger partial charge in [-0.25, -0.2) is 0 Å². The summed E-state index contributed by atoms with van der Waals surface area (Å²) in [7, 11) is 0. The highest BCUT2D eigenvalue weighted by Gasteiger charge is 2.24. The lowest BCUT2D eigenvalue weighted by Crippen LogP contribution is -2.24. The molecular formula is C38H33NO. The summed E-state index contributed by atoms with van der Waals surface area (Å²) >= 11 is 0. The van der Waals surface area contributed by atoms with Crippen LogP contribution in [0.1, 0.15) is 45.0 Å². The van der Waals surface area contributed by atoms with Crippen LogP contribution in [0.4, 0.5) is 0 Å². The summed E-state index contributed by atoms with van der Waals surface area (Å²) in [5, 5.41) is 3.87. The molecule has 2 nitrogen and oxygen atoms in total. The molecule has 196 valence electrons. The van der Waals surface area contributed by atoms with Crippen molar-refractivity contribution in [3.8, 4) is 0 Å². The van der Waals surface area contributed by atoms with Gasteiger partial charge in [0.1, 0.15) is 0 Å². The predicted octanol–water partition coefficient (Wildman–Crippen LogP) is 8.83. The number of hydrogen-bond acceptors (Lipinski definition) is 2. The maximum absolute atomic E-state index is 14.3. The van der Waals surface area contributed by atoms with Gasteiger partial charge in [-0.2, -0.15) is 0 Å². The summed E-state index contributed by atoms with van der Waals surface area (Å²) in [5.74, 6) is -0.0521. The first-order valence-corrected chi connectivity index (χ1v) is 13.6. The summed E-state index contributed by atoms with van der Waals surface area (Å²) < 4.78 is 0.